The molecule has 0 bridgehead atoms. The Morgan fingerprint density at radius 1 is 1.23 bits per heavy atom. The quantitative estimate of drug-likeness (QED) is 0.728. The van der Waals surface area contributed by atoms with Gasteiger partial charge in [0.1, 0.15) is 17.3 Å². The highest BCUT2D eigenvalue weighted by Gasteiger charge is 2.34. The second-order valence-electron chi connectivity index (χ2n) is 4.35. The van der Waals surface area contributed by atoms with E-state index in [-0.39, 0.29) is 22.2 Å². The van der Waals surface area contributed by atoms with Crippen LogP contribution in [0.5, 0.6) is 5.75 Å². The average Bonchev–Trinajstić information content (AvgIpc) is 2.47. The minimum Gasteiger partial charge on any atom is -0.494 e. The third kappa shape index (κ3) is 3.22. The number of rotatable bonds is 3. The predicted octanol–water partition coefficient (Wildman–Crippen LogP) is 5.13. The number of aromatic nitrogens is 1. The van der Waals surface area contributed by atoms with Gasteiger partial charge in [0.15, 0.2) is 0 Å². The lowest BCUT2D eigenvalue weighted by molar-refractivity contribution is -0.0688. The van der Waals surface area contributed by atoms with Gasteiger partial charge in [0.05, 0.1) is 23.4 Å². The molecule has 0 N–H and O–H groups in total. The number of hydrogen-bond acceptors (Lipinski definition) is 2. The summed E-state index contributed by atoms with van der Waals surface area (Å²) in [4.78, 5) is 3.93. The zero-order valence-electron chi connectivity index (χ0n) is 11.3. The molecule has 0 radical (unpaired) electrons. The number of allylic oxidation sites excluding steroid dienone is 1. The van der Waals surface area contributed by atoms with Crippen molar-refractivity contribution in [3.63, 3.8) is 0 Å². The molecule has 1 heterocycles. The molecule has 0 amide bonds. The molecule has 0 fully saturated rings. The Bertz CT molecular complexity index is 728. The van der Waals surface area contributed by atoms with Crippen LogP contribution in [0.1, 0.15) is 5.69 Å². The Kier molecular flexibility index (Phi) is 4.42. The van der Waals surface area contributed by atoms with Gasteiger partial charge in [0.25, 0.3) is 0 Å². The van der Waals surface area contributed by atoms with Crippen molar-refractivity contribution < 1.29 is 22.3 Å². The molecule has 22 heavy (non-hydrogen) atoms. The molecule has 0 saturated carbocycles. The largest absolute Gasteiger partial charge is 0.494 e. The normalized spacial score (nSPS) is 11.4. The van der Waals surface area contributed by atoms with Crippen molar-refractivity contribution in [1.29, 1.82) is 0 Å². The molecule has 0 unspecified atom stereocenters. The van der Waals surface area contributed by atoms with E-state index in [2.05, 4.69) is 11.6 Å². The van der Waals surface area contributed by atoms with Gasteiger partial charge in [-0.3, -0.25) is 0 Å². The van der Waals surface area contributed by atoms with Crippen LogP contribution < -0.4 is 4.74 Å². The second kappa shape index (κ2) is 5.96. The van der Waals surface area contributed by atoms with Gasteiger partial charge in [-0.25, -0.2) is 9.37 Å². The fourth-order valence-electron chi connectivity index (χ4n) is 1.77. The van der Waals surface area contributed by atoms with Gasteiger partial charge in [-0.2, -0.15) is 13.2 Å². The van der Waals surface area contributed by atoms with Crippen LogP contribution in [0.3, 0.4) is 0 Å². The van der Waals surface area contributed by atoms with Crippen LogP contribution in [0.4, 0.5) is 17.6 Å². The van der Waals surface area contributed by atoms with Crippen molar-refractivity contribution >= 4 is 17.2 Å². The van der Waals surface area contributed by atoms with E-state index < -0.39 is 17.6 Å². The number of alkyl halides is 3. The van der Waals surface area contributed by atoms with E-state index in [0.29, 0.717) is 5.56 Å². The van der Waals surface area contributed by atoms with Crippen LogP contribution in [0.2, 0.25) is 5.02 Å². The van der Waals surface area contributed by atoms with E-state index in [4.69, 9.17) is 16.3 Å². The molecule has 0 aliphatic rings. The summed E-state index contributed by atoms with van der Waals surface area (Å²) in [5, 5.41) is -0.165. The smallest absolute Gasteiger partial charge is 0.417 e. The van der Waals surface area contributed by atoms with Crippen molar-refractivity contribution in [3.8, 4) is 17.0 Å². The molecule has 0 aliphatic heterocycles. The maximum absolute atomic E-state index is 13.2. The average molecular weight is 332 g/mol. The summed E-state index contributed by atoms with van der Waals surface area (Å²) in [6.45, 7) is 3.00. The van der Waals surface area contributed by atoms with Crippen LogP contribution in [0.25, 0.3) is 16.8 Å². The molecule has 1 aromatic heterocycles. The van der Waals surface area contributed by atoms with Gasteiger partial charge in [0.2, 0.25) is 0 Å². The Balaban J connectivity index is 2.58. The van der Waals surface area contributed by atoms with Gasteiger partial charge in [0, 0.05) is 5.56 Å². The van der Waals surface area contributed by atoms with Crippen LogP contribution in [0, 0.1) is 5.82 Å². The maximum Gasteiger partial charge on any atom is 0.417 e. The van der Waals surface area contributed by atoms with Crippen LogP contribution in [-0.2, 0) is 0 Å². The number of hydrogen-bond donors (Lipinski definition) is 0. The summed E-state index contributed by atoms with van der Waals surface area (Å²) in [5.41, 5.74) is -0.972. The molecule has 116 valence electrons. The van der Waals surface area contributed by atoms with Crippen molar-refractivity contribution in [3.05, 3.63) is 53.4 Å². The lowest BCUT2D eigenvalue weighted by Gasteiger charge is -2.13. The Labute approximate surface area is 129 Å². The highest BCUT2D eigenvalue weighted by atomic mass is 35.5. The van der Waals surface area contributed by atoms with E-state index in [1.807, 2.05) is 0 Å². The molecule has 2 rings (SSSR count). The first-order valence-corrected chi connectivity index (χ1v) is 6.38. The van der Waals surface area contributed by atoms with Crippen LogP contribution in [0.15, 0.2) is 36.9 Å². The molecule has 0 atom stereocenters. The summed E-state index contributed by atoms with van der Waals surface area (Å²) < 4.78 is 56.5. The lowest BCUT2D eigenvalue weighted by atomic mass is 10.1. The van der Waals surface area contributed by atoms with Crippen molar-refractivity contribution in [2.75, 3.05) is 7.11 Å². The van der Waals surface area contributed by atoms with E-state index in [1.54, 1.807) is 0 Å². The standard InChI is InChI=1S/C15H10ClF4NO/c1-8(15(18,19)20)12-5-6-13(22-2)14(21-12)9-3-4-11(17)10(16)7-9/h3-7H,1H2,2H3. The van der Waals surface area contributed by atoms with E-state index in [9.17, 15) is 17.6 Å². The summed E-state index contributed by atoms with van der Waals surface area (Å²) in [6.07, 6.45) is -4.60. The third-order valence-corrected chi connectivity index (χ3v) is 3.21. The number of pyridine rings is 1. The van der Waals surface area contributed by atoms with Crippen molar-refractivity contribution in [2.24, 2.45) is 0 Å². The summed E-state index contributed by atoms with van der Waals surface area (Å²) in [6, 6.07) is 6.22. The molecular formula is C15H10ClF4NO. The topological polar surface area (TPSA) is 22.1 Å². The Morgan fingerprint density at radius 3 is 2.45 bits per heavy atom. The number of halogens is 5. The van der Waals surface area contributed by atoms with Gasteiger partial charge in [-0.05, 0) is 30.3 Å². The zero-order chi connectivity index (χ0) is 16.5. The fraction of sp³-hybridized carbons (Fsp3) is 0.133. The number of benzene rings is 1. The van der Waals surface area contributed by atoms with Crippen molar-refractivity contribution in [2.45, 2.75) is 6.18 Å². The Hall–Kier alpha value is -2.08. The molecule has 1 aromatic carbocycles. The monoisotopic (exact) mass is 331 g/mol. The first-order chi connectivity index (χ1) is 10.2. The van der Waals surface area contributed by atoms with E-state index in [1.165, 1.54) is 25.3 Å². The molecule has 2 aromatic rings. The molecule has 2 nitrogen and oxygen atoms in total. The van der Waals surface area contributed by atoms with Gasteiger partial charge < -0.3 is 4.74 Å². The lowest BCUT2D eigenvalue weighted by Crippen LogP contribution is -2.11. The molecular weight excluding hydrogens is 322 g/mol. The number of methoxy groups -OCH3 is 1. The zero-order valence-corrected chi connectivity index (χ0v) is 12.1. The summed E-state index contributed by atoms with van der Waals surface area (Å²) in [7, 11) is 1.35. The highest BCUT2D eigenvalue weighted by Crippen LogP contribution is 2.36. The fourth-order valence-corrected chi connectivity index (χ4v) is 1.96. The number of ether oxygens (including phenoxy) is 1. The van der Waals surface area contributed by atoms with Gasteiger partial charge in [-0.15, -0.1) is 0 Å². The SMILES string of the molecule is C=C(c1ccc(OC)c(-c2ccc(F)c(Cl)c2)n1)C(F)(F)F. The Morgan fingerprint density at radius 2 is 1.91 bits per heavy atom. The molecule has 0 aliphatic carbocycles. The van der Waals surface area contributed by atoms with E-state index in [0.717, 1.165) is 12.1 Å². The molecule has 7 heteroatoms. The van der Waals surface area contributed by atoms with Crippen LogP contribution in [-0.4, -0.2) is 18.3 Å². The second-order valence-corrected chi connectivity index (χ2v) is 4.76. The third-order valence-electron chi connectivity index (χ3n) is 2.92. The first-order valence-electron chi connectivity index (χ1n) is 6.01. The minimum absolute atomic E-state index is 0.118. The molecule has 0 saturated heterocycles. The first kappa shape index (κ1) is 16.3. The van der Waals surface area contributed by atoms with Crippen LogP contribution >= 0.6 is 11.6 Å². The summed E-state index contributed by atoms with van der Waals surface area (Å²) in [5.74, 6) is -0.401. The van der Waals surface area contributed by atoms with Gasteiger partial charge in [-0.1, -0.05) is 18.2 Å². The number of nitrogens with zero attached hydrogens (tertiary/aromatic N) is 1. The highest BCUT2D eigenvalue weighted by molar-refractivity contribution is 6.31. The van der Waals surface area contributed by atoms with Gasteiger partial charge >= 0.3 is 6.18 Å². The van der Waals surface area contributed by atoms with Crippen molar-refractivity contribution in [1.82, 2.24) is 4.98 Å². The van der Waals surface area contributed by atoms with E-state index >= 15 is 0 Å². The summed E-state index contributed by atoms with van der Waals surface area (Å²) >= 11 is 5.69. The minimum atomic E-state index is -4.60. The molecule has 0 spiro atoms. The predicted molar refractivity (Wildman–Crippen MR) is 76.3 cm³/mol. The maximum atomic E-state index is 13.2.